The van der Waals surface area contributed by atoms with Crippen molar-refractivity contribution in [1.82, 2.24) is 0 Å². The van der Waals surface area contributed by atoms with Gasteiger partial charge in [-0.05, 0) is 29.9 Å². The average Bonchev–Trinajstić information content (AvgIpc) is 2.62. The van der Waals surface area contributed by atoms with Gasteiger partial charge in [0.1, 0.15) is 12.6 Å². The lowest BCUT2D eigenvalue weighted by atomic mass is 9.94. The minimum atomic E-state index is 0.267. The van der Waals surface area contributed by atoms with E-state index in [4.69, 9.17) is 0 Å². The molecule has 1 atom stereocenters. The van der Waals surface area contributed by atoms with Crippen molar-refractivity contribution in [3.63, 3.8) is 0 Å². The van der Waals surface area contributed by atoms with Crippen LogP contribution in [0.3, 0.4) is 0 Å². The van der Waals surface area contributed by atoms with Crippen LogP contribution in [0.4, 0.5) is 0 Å². The SMILES string of the molecule is O=CCC1CCc2cccc(C=O)c21. The Labute approximate surface area is 82.9 Å². The second-order valence-corrected chi connectivity index (χ2v) is 3.68. The predicted octanol–water partition coefficient (Wildman–Crippen LogP) is 2.12. The van der Waals surface area contributed by atoms with Crippen molar-refractivity contribution in [3.05, 3.63) is 34.9 Å². The molecule has 2 heteroatoms. The summed E-state index contributed by atoms with van der Waals surface area (Å²) in [6.45, 7) is 0. The van der Waals surface area contributed by atoms with Gasteiger partial charge in [-0.2, -0.15) is 0 Å². The van der Waals surface area contributed by atoms with Gasteiger partial charge in [-0.3, -0.25) is 4.79 Å². The summed E-state index contributed by atoms with van der Waals surface area (Å²) >= 11 is 0. The van der Waals surface area contributed by atoms with Crippen molar-refractivity contribution >= 4 is 12.6 Å². The molecule has 2 rings (SSSR count). The molecular formula is C12H12O2. The lowest BCUT2D eigenvalue weighted by Crippen LogP contribution is -1.98. The maximum absolute atomic E-state index is 10.8. The minimum Gasteiger partial charge on any atom is -0.303 e. The van der Waals surface area contributed by atoms with Gasteiger partial charge in [-0.15, -0.1) is 0 Å². The number of carbonyl (C=O) groups is 2. The van der Waals surface area contributed by atoms with E-state index in [0.717, 1.165) is 36.5 Å². The zero-order valence-corrected chi connectivity index (χ0v) is 7.90. The molecule has 0 spiro atoms. The first-order valence-corrected chi connectivity index (χ1v) is 4.87. The Morgan fingerprint density at radius 1 is 1.36 bits per heavy atom. The molecule has 0 bridgehead atoms. The van der Waals surface area contributed by atoms with E-state index in [2.05, 4.69) is 0 Å². The van der Waals surface area contributed by atoms with Crippen molar-refractivity contribution < 1.29 is 9.59 Å². The number of rotatable bonds is 3. The van der Waals surface area contributed by atoms with Crippen LogP contribution in [0.5, 0.6) is 0 Å². The Hall–Kier alpha value is -1.44. The van der Waals surface area contributed by atoms with Crippen molar-refractivity contribution in [2.75, 3.05) is 0 Å². The molecule has 14 heavy (non-hydrogen) atoms. The summed E-state index contributed by atoms with van der Waals surface area (Å²) in [6, 6.07) is 5.79. The number of benzene rings is 1. The van der Waals surface area contributed by atoms with Crippen molar-refractivity contribution in [3.8, 4) is 0 Å². The summed E-state index contributed by atoms with van der Waals surface area (Å²) in [5.74, 6) is 0.267. The molecule has 0 aliphatic heterocycles. The van der Waals surface area contributed by atoms with Gasteiger partial charge in [0.05, 0.1) is 0 Å². The van der Waals surface area contributed by atoms with Crippen LogP contribution >= 0.6 is 0 Å². The van der Waals surface area contributed by atoms with Crippen LogP contribution in [0.2, 0.25) is 0 Å². The van der Waals surface area contributed by atoms with Gasteiger partial charge in [0.15, 0.2) is 0 Å². The topological polar surface area (TPSA) is 34.1 Å². The summed E-state index contributed by atoms with van der Waals surface area (Å²) in [5, 5.41) is 0. The quantitative estimate of drug-likeness (QED) is 0.681. The summed E-state index contributed by atoms with van der Waals surface area (Å²) in [5.41, 5.74) is 3.10. The molecule has 1 aromatic carbocycles. The lowest BCUT2D eigenvalue weighted by Gasteiger charge is -2.09. The molecule has 0 fully saturated rings. The molecular weight excluding hydrogens is 176 g/mol. The first-order chi connectivity index (χ1) is 6.86. The first-order valence-electron chi connectivity index (χ1n) is 4.87. The van der Waals surface area contributed by atoms with Crippen molar-refractivity contribution in [2.24, 2.45) is 0 Å². The fourth-order valence-corrected chi connectivity index (χ4v) is 2.28. The standard InChI is InChI=1S/C12H12O2/c13-7-6-10-5-4-9-2-1-3-11(8-14)12(9)10/h1-3,7-8,10H,4-6H2. The normalized spacial score (nSPS) is 19.0. The van der Waals surface area contributed by atoms with E-state index in [0.29, 0.717) is 6.42 Å². The van der Waals surface area contributed by atoms with Crippen LogP contribution in [0.1, 0.15) is 40.2 Å². The molecule has 0 heterocycles. The number of aryl methyl sites for hydroxylation is 1. The highest BCUT2D eigenvalue weighted by atomic mass is 16.1. The molecule has 1 aliphatic carbocycles. The van der Waals surface area contributed by atoms with E-state index in [1.165, 1.54) is 5.56 Å². The number of fused-ring (bicyclic) bond motifs is 1. The second kappa shape index (κ2) is 3.74. The van der Waals surface area contributed by atoms with Crippen LogP contribution in [-0.2, 0) is 11.2 Å². The summed E-state index contributed by atoms with van der Waals surface area (Å²) in [6.07, 6.45) is 4.37. The van der Waals surface area contributed by atoms with E-state index in [-0.39, 0.29) is 5.92 Å². The zero-order valence-electron chi connectivity index (χ0n) is 7.90. The molecule has 2 nitrogen and oxygen atoms in total. The fourth-order valence-electron chi connectivity index (χ4n) is 2.28. The molecule has 0 amide bonds. The third-order valence-electron chi connectivity index (χ3n) is 2.91. The molecule has 0 N–H and O–H groups in total. The number of carbonyl (C=O) groups excluding carboxylic acids is 2. The molecule has 0 radical (unpaired) electrons. The highest BCUT2D eigenvalue weighted by Gasteiger charge is 2.24. The van der Waals surface area contributed by atoms with E-state index in [9.17, 15) is 9.59 Å². The van der Waals surface area contributed by atoms with E-state index in [1.807, 2.05) is 18.2 Å². The summed E-state index contributed by atoms with van der Waals surface area (Å²) in [7, 11) is 0. The van der Waals surface area contributed by atoms with Gasteiger partial charge in [-0.1, -0.05) is 18.2 Å². The lowest BCUT2D eigenvalue weighted by molar-refractivity contribution is -0.108. The average molecular weight is 188 g/mol. The van der Waals surface area contributed by atoms with Crippen LogP contribution in [0.25, 0.3) is 0 Å². The molecule has 1 aromatic rings. The van der Waals surface area contributed by atoms with Gasteiger partial charge in [0.2, 0.25) is 0 Å². The molecule has 1 aliphatic rings. The summed E-state index contributed by atoms with van der Waals surface area (Å²) < 4.78 is 0. The van der Waals surface area contributed by atoms with Gasteiger partial charge in [-0.25, -0.2) is 0 Å². The summed E-state index contributed by atoms with van der Waals surface area (Å²) in [4.78, 5) is 21.3. The second-order valence-electron chi connectivity index (χ2n) is 3.68. The highest BCUT2D eigenvalue weighted by Crippen LogP contribution is 2.36. The Kier molecular flexibility index (Phi) is 2.44. The molecule has 0 aromatic heterocycles. The highest BCUT2D eigenvalue weighted by molar-refractivity contribution is 5.79. The Balaban J connectivity index is 2.44. The molecule has 72 valence electrons. The Bertz CT molecular complexity index is 369. The van der Waals surface area contributed by atoms with Gasteiger partial charge >= 0.3 is 0 Å². The van der Waals surface area contributed by atoms with E-state index in [1.54, 1.807) is 0 Å². The molecule has 0 saturated carbocycles. The maximum Gasteiger partial charge on any atom is 0.150 e. The number of hydrogen-bond donors (Lipinski definition) is 0. The first kappa shape index (κ1) is 9.13. The predicted molar refractivity (Wildman–Crippen MR) is 53.6 cm³/mol. The Morgan fingerprint density at radius 3 is 2.93 bits per heavy atom. The van der Waals surface area contributed by atoms with E-state index >= 15 is 0 Å². The smallest absolute Gasteiger partial charge is 0.150 e. The van der Waals surface area contributed by atoms with Crippen molar-refractivity contribution in [2.45, 2.75) is 25.2 Å². The van der Waals surface area contributed by atoms with Gasteiger partial charge < -0.3 is 4.79 Å². The van der Waals surface area contributed by atoms with Gasteiger partial charge in [0.25, 0.3) is 0 Å². The molecule has 1 unspecified atom stereocenters. The third-order valence-corrected chi connectivity index (χ3v) is 2.91. The van der Waals surface area contributed by atoms with Crippen LogP contribution in [-0.4, -0.2) is 12.6 Å². The van der Waals surface area contributed by atoms with Crippen molar-refractivity contribution in [1.29, 1.82) is 0 Å². The largest absolute Gasteiger partial charge is 0.303 e. The van der Waals surface area contributed by atoms with Crippen LogP contribution < -0.4 is 0 Å². The van der Waals surface area contributed by atoms with Gasteiger partial charge in [0, 0.05) is 12.0 Å². The monoisotopic (exact) mass is 188 g/mol. The molecule has 0 saturated heterocycles. The van der Waals surface area contributed by atoms with Crippen LogP contribution in [0.15, 0.2) is 18.2 Å². The maximum atomic E-state index is 10.8. The number of hydrogen-bond acceptors (Lipinski definition) is 2. The number of aldehydes is 2. The Morgan fingerprint density at radius 2 is 2.21 bits per heavy atom. The zero-order chi connectivity index (χ0) is 9.97. The third kappa shape index (κ3) is 1.37. The van der Waals surface area contributed by atoms with Crippen LogP contribution in [0, 0.1) is 0 Å². The van der Waals surface area contributed by atoms with E-state index < -0.39 is 0 Å². The fraction of sp³-hybridized carbons (Fsp3) is 0.333. The minimum absolute atomic E-state index is 0.267.